The molecule has 0 aliphatic carbocycles. The molecule has 1 heterocycles. The van der Waals surface area contributed by atoms with Gasteiger partial charge in [0.25, 0.3) is 0 Å². The molecular formula is C8H16N2S. The third-order valence-electron chi connectivity index (χ3n) is 2.10. The van der Waals surface area contributed by atoms with Crippen LogP contribution >= 0.6 is 11.8 Å². The van der Waals surface area contributed by atoms with E-state index in [-0.39, 0.29) is 0 Å². The molecule has 1 saturated heterocycles. The fourth-order valence-corrected chi connectivity index (χ4v) is 2.18. The minimum atomic E-state index is 0.556. The Hall–Kier alpha value is -0.180. The van der Waals surface area contributed by atoms with Crippen LogP contribution in [0.2, 0.25) is 0 Å². The van der Waals surface area contributed by atoms with Crippen LogP contribution < -0.4 is 0 Å². The molecule has 0 aromatic rings. The quantitative estimate of drug-likeness (QED) is 0.703. The summed E-state index contributed by atoms with van der Waals surface area (Å²) < 4.78 is 0. The van der Waals surface area contributed by atoms with E-state index < -0.39 is 0 Å². The average Bonchev–Trinajstić information content (AvgIpc) is 2.36. The molecule has 0 aromatic carbocycles. The molecule has 11 heavy (non-hydrogen) atoms. The molecule has 1 unspecified atom stereocenters. The van der Waals surface area contributed by atoms with E-state index in [0.29, 0.717) is 6.04 Å². The monoisotopic (exact) mass is 172 g/mol. The summed E-state index contributed by atoms with van der Waals surface area (Å²) in [5, 5.41) is 7.63. The molecule has 0 amide bonds. The van der Waals surface area contributed by atoms with Crippen LogP contribution in [0.15, 0.2) is 0 Å². The zero-order valence-electron chi connectivity index (χ0n) is 7.26. The van der Waals surface area contributed by atoms with Crippen molar-refractivity contribution in [3.8, 4) is 0 Å². The maximum absolute atomic E-state index is 7.63. The SMILES string of the molecule is CSCC(C)N1CCCC1=N. The van der Waals surface area contributed by atoms with E-state index in [0.717, 1.165) is 24.6 Å². The zero-order chi connectivity index (χ0) is 8.27. The van der Waals surface area contributed by atoms with Crippen LogP contribution in [0.25, 0.3) is 0 Å². The smallest absolute Gasteiger partial charge is 0.0960 e. The van der Waals surface area contributed by atoms with Gasteiger partial charge in [0.15, 0.2) is 0 Å². The van der Waals surface area contributed by atoms with Crippen molar-refractivity contribution < 1.29 is 0 Å². The maximum Gasteiger partial charge on any atom is 0.0960 e. The van der Waals surface area contributed by atoms with Crippen molar-refractivity contribution >= 4 is 17.6 Å². The molecule has 1 atom stereocenters. The standard InChI is InChI=1S/C8H16N2S/c1-7(6-11-2)10-5-3-4-8(10)9/h7,9H,3-6H2,1-2H3. The van der Waals surface area contributed by atoms with Gasteiger partial charge in [-0.2, -0.15) is 11.8 Å². The van der Waals surface area contributed by atoms with Crippen LogP contribution in [0.1, 0.15) is 19.8 Å². The lowest BCUT2D eigenvalue weighted by Gasteiger charge is -2.25. The molecule has 64 valence electrons. The number of nitrogens with zero attached hydrogens (tertiary/aromatic N) is 1. The lowest BCUT2D eigenvalue weighted by atomic mass is 10.3. The van der Waals surface area contributed by atoms with E-state index >= 15 is 0 Å². The second-order valence-electron chi connectivity index (χ2n) is 3.05. The molecule has 2 nitrogen and oxygen atoms in total. The predicted molar refractivity (Wildman–Crippen MR) is 51.5 cm³/mol. The fraction of sp³-hybridized carbons (Fsp3) is 0.875. The number of amidine groups is 1. The number of hydrogen-bond donors (Lipinski definition) is 1. The predicted octanol–water partition coefficient (Wildman–Crippen LogP) is 1.81. The molecule has 1 aliphatic heterocycles. The van der Waals surface area contributed by atoms with Gasteiger partial charge in [-0.05, 0) is 19.6 Å². The zero-order valence-corrected chi connectivity index (χ0v) is 8.08. The van der Waals surface area contributed by atoms with Gasteiger partial charge in [-0.3, -0.25) is 5.41 Å². The molecule has 0 saturated carbocycles. The maximum atomic E-state index is 7.63. The van der Waals surface area contributed by atoms with Crippen LogP contribution in [0, 0.1) is 5.41 Å². The minimum absolute atomic E-state index is 0.556. The normalized spacial score (nSPS) is 20.9. The highest BCUT2D eigenvalue weighted by Gasteiger charge is 2.21. The Morgan fingerprint density at radius 3 is 2.91 bits per heavy atom. The Labute approximate surface area is 72.9 Å². The molecule has 3 heteroatoms. The summed E-state index contributed by atoms with van der Waals surface area (Å²) in [5.74, 6) is 1.98. The summed E-state index contributed by atoms with van der Waals surface area (Å²) in [5.41, 5.74) is 0. The Morgan fingerprint density at radius 2 is 2.45 bits per heavy atom. The van der Waals surface area contributed by atoms with Crippen molar-refractivity contribution in [2.45, 2.75) is 25.8 Å². The first-order valence-electron chi connectivity index (χ1n) is 4.08. The van der Waals surface area contributed by atoms with Gasteiger partial charge in [-0.25, -0.2) is 0 Å². The van der Waals surface area contributed by atoms with Crippen molar-refractivity contribution in [1.29, 1.82) is 5.41 Å². The van der Waals surface area contributed by atoms with Gasteiger partial charge < -0.3 is 4.90 Å². The molecule has 0 aromatic heterocycles. The topological polar surface area (TPSA) is 27.1 Å². The fourth-order valence-electron chi connectivity index (χ4n) is 1.51. The minimum Gasteiger partial charge on any atom is -0.357 e. The number of hydrogen-bond acceptors (Lipinski definition) is 2. The van der Waals surface area contributed by atoms with Crippen LogP contribution in [0.3, 0.4) is 0 Å². The second kappa shape index (κ2) is 4.00. The number of rotatable bonds is 3. The Balaban J connectivity index is 2.39. The largest absolute Gasteiger partial charge is 0.357 e. The Morgan fingerprint density at radius 1 is 1.73 bits per heavy atom. The van der Waals surface area contributed by atoms with Crippen molar-refractivity contribution in [3.05, 3.63) is 0 Å². The molecule has 0 radical (unpaired) electrons. The first-order valence-corrected chi connectivity index (χ1v) is 5.48. The third-order valence-corrected chi connectivity index (χ3v) is 2.91. The second-order valence-corrected chi connectivity index (χ2v) is 3.96. The average molecular weight is 172 g/mol. The summed E-state index contributed by atoms with van der Waals surface area (Å²) in [7, 11) is 0. The summed E-state index contributed by atoms with van der Waals surface area (Å²) in [4.78, 5) is 2.22. The first kappa shape index (κ1) is 8.91. The van der Waals surface area contributed by atoms with Crippen molar-refractivity contribution in [2.75, 3.05) is 18.6 Å². The van der Waals surface area contributed by atoms with E-state index in [9.17, 15) is 0 Å². The molecule has 0 spiro atoms. The highest BCUT2D eigenvalue weighted by molar-refractivity contribution is 7.98. The van der Waals surface area contributed by atoms with Gasteiger partial charge in [0.2, 0.25) is 0 Å². The molecule has 1 fully saturated rings. The number of likely N-dealkylation sites (tertiary alicyclic amines) is 1. The van der Waals surface area contributed by atoms with Gasteiger partial charge >= 0.3 is 0 Å². The van der Waals surface area contributed by atoms with Gasteiger partial charge in [-0.15, -0.1) is 0 Å². The summed E-state index contributed by atoms with van der Waals surface area (Å²) >= 11 is 1.86. The van der Waals surface area contributed by atoms with Crippen LogP contribution in [0.4, 0.5) is 0 Å². The molecule has 0 bridgehead atoms. The Bertz CT molecular complexity index is 147. The van der Waals surface area contributed by atoms with Crippen molar-refractivity contribution in [1.82, 2.24) is 4.90 Å². The van der Waals surface area contributed by atoms with Crippen LogP contribution in [0.5, 0.6) is 0 Å². The van der Waals surface area contributed by atoms with E-state index in [1.807, 2.05) is 11.8 Å². The molecule has 1 rings (SSSR count). The highest BCUT2D eigenvalue weighted by atomic mass is 32.2. The number of nitrogens with one attached hydrogen (secondary N) is 1. The van der Waals surface area contributed by atoms with E-state index in [1.54, 1.807) is 0 Å². The Kier molecular flexibility index (Phi) is 3.24. The summed E-state index contributed by atoms with van der Waals surface area (Å²) in [6, 6.07) is 0.556. The van der Waals surface area contributed by atoms with Crippen molar-refractivity contribution in [3.63, 3.8) is 0 Å². The van der Waals surface area contributed by atoms with E-state index in [1.165, 1.54) is 6.42 Å². The van der Waals surface area contributed by atoms with Crippen molar-refractivity contribution in [2.24, 2.45) is 0 Å². The third kappa shape index (κ3) is 2.12. The van der Waals surface area contributed by atoms with E-state index in [4.69, 9.17) is 5.41 Å². The first-order chi connectivity index (χ1) is 5.25. The van der Waals surface area contributed by atoms with Gasteiger partial charge in [0, 0.05) is 24.8 Å². The van der Waals surface area contributed by atoms with Gasteiger partial charge in [0.05, 0.1) is 5.84 Å². The highest BCUT2D eigenvalue weighted by Crippen LogP contribution is 2.15. The lowest BCUT2D eigenvalue weighted by molar-refractivity contribution is 0.381. The van der Waals surface area contributed by atoms with Gasteiger partial charge in [-0.1, -0.05) is 0 Å². The van der Waals surface area contributed by atoms with E-state index in [2.05, 4.69) is 18.1 Å². The number of thioether (sulfide) groups is 1. The van der Waals surface area contributed by atoms with Crippen LogP contribution in [-0.4, -0.2) is 35.3 Å². The van der Waals surface area contributed by atoms with Gasteiger partial charge in [0.1, 0.15) is 0 Å². The summed E-state index contributed by atoms with van der Waals surface area (Å²) in [6.07, 6.45) is 4.28. The summed E-state index contributed by atoms with van der Waals surface area (Å²) in [6.45, 7) is 3.30. The molecular weight excluding hydrogens is 156 g/mol. The molecule has 1 aliphatic rings. The molecule has 1 N–H and O–H groups in total. The lowest BCUT2D eigenvalue weighted by Crippen LogP contribution is -2.35. The van der Waals surface area contributed by atoms with Crippen LogP contribution in [-0.2, 0) is 0 Å².